The minimum Gasteiger partial charge on any atom is -0.395 e. The third-order valence-electron chi connectivity index (χ3n) is 6.57. The fourth-order valence-electron chi connectivity index (χ4n) is 4.64. The van der Waals surface area contributed by atoms with E-state index in [4.69, 9.17) is 15.1 Å². The van der Waals surface area contributed by atoms with Gasteiger partial charge >= 0.3 is 0 Å². The second kappa shape index (κ2) is 12.1. The Morgan fingerprint density at radius 3 is 2.38 bits per heavy atom. The molecule has 1 aromatic heterocycles. The van der Waals surface area contributed by atoms with Crippen LogP contribution in [-0.2, 0) is 40.7 Å². The number of allylic oxidation sites excluding steroid dienone is 2. The molecule has 2 amide bonds. The Morgan fingerprint density at radius 2 is 1.77 bits per heavy atom. The Labute approximate surface area is 229 Å². The lowest BCUT2D eigenvalue weighted by molar-refractivity contribution is -0.127. The van der Waals surface area contributed by atoms with Gasteiger partial charge in [0, 0.05) is 6.54 Å². The summed E-state index contributed by atoms with van der Waals surface area (Å²) in [4.78, 5) is 44.1. The van der Waals surface area contributed by atoms with Gasteiger partial charge in [-0.25, -0.2) is 26.5 Å². The monoisotopic (exact) mass is 602 g/mol. The number of sulfone groups is 2. The number of carbonyl (C=O) groups excluding carboxylic acids is 2. The lowest BCUT2D eigenvalue weighted by atomic mass is 10.1. The number of hydrogen-bond acceptors (Lipinski definition) is 12. The summed E-state index contributed by atoms with van der Waals surface area (Å²) in [6.07, 6.45) is 4.33. The molecule has 2 unspecified atom stereocenters. The molecule has 3 aliphatic rings. The van der Waals surface area contributed by atoms with Gasteiger partial charge in [0.2, 0.25) is 0 Å². The molecule has 16 nitrogen and oxygen atoms in total. The van der Waals surface area contributed by atoms with Crippen molar-refractivity contribution in [1.29, 1.82) is 0 Å². The van der Waals surface area contributed by atoms with E-state index in [2.05, 4.69) is 21.0 Å². The highest BCUT2D eigenvalue weighted by Gasteiger charge is 2.42. The summed E-state index contributed by atoms with van der Waals surface area (Å²) >= 11 is 0. The van der Waals surface area contributed by atoms with E-state index in [9.17, 15) is 31.2 Å². The number of hydroxylamine groups is 1. The van der Waals surface area contributed by atoms with E-state index < -0.39 is 55.9 Å². The molecule has 0 spiro atoms. The van der Waals surface area contributed by atoms with Crippen LogP contribution in [-0.4, -0.2) is 108 Å². The van der Waals surface area contributed by atoms with Crippen molar-refractivity contribution in [3.05, 3.63) is 39.3 Å². The molecule has 18 heteroatoms. The average Bonchev–Trinajstić information content (AvgIpc) is 3.62. The SMILES string of the molecule is O=C(NCO)C1=NN(C2CCS(=O)(=O)C2)C(=O)/C1=C/C=C/c1c(CONCCO)[nH]n(C2CCS(=O)(=O)C2)c1=O. The molecule has 2 fully saturated rings. The van der Waals surface area contributed by atoms with E-state index >= 15 is 0 Å². The first-order chi connectivity index (χ1) is 19.0. The average molecular weight is 603 g/mol. The van der Waals surface area contributed by atoms with Crippen molar-refractivity contribution >= 4 is 43.3 Å². The molecule has 0 bridgehead atoms. The lowest BCUT2D eigenvalue weighted by Gasteiger charge is -2.17. The topological polar surface area (TPSA) is 230 Å². The second-order valence-electron chi connectivity index (χ2n) is 9.40. The number of H-pyrrole nitrogens is 1. The molecule has 4 heterocycles. The Kier molecular flexibility index (Phi) is 9.06. The number of amides is 2. The highest BCUT2D eigenvalue weighted by molar-refractivity contribution is 7.91. The van der Waals surface area contributed by atoms with Crippen molar-refractivity contribution in [1.82, 2.24) is 25.6 Å². The van der Waals surface area contributed by atoms with Crippen molar-refractivity contribution in [2.24, 2.45) is 5.10 Å². The second-order valence-corrected chi connectivity index (χ2v) is 13.9. The molecule has 5 N–H and O–H groups in total. The zero-order valence-corrected chi connectivity index (χ0v) is 22.9. The third-order valence-corrected chi connectivity index (χ3v) is 10.1. The number of hydrogen-bond donors (Lipinski definition) is 5. The molecule has 1 aromatic rings. The van der Waals surface area contributed by atoms with Gasteiger partial charge in [0.05, 0.1) is 58.5 Å². The summed E-state index contributed by atoms with van der Waals surface area (Å²) < 4.78 is 49.0. The van der Waals surface area contributed by atoms with E-state index in [1.165, 1.54) is 22.9 Å². The summed E-state index contributed by atoms with van der Waals surface area (Å²) in [5.74, 6) is -2.24. The van der Waals surface area contributed by atoms with Crippen LogP contribution in [0.2, 0.25) is 0 Å². The van der Waals surface area contributed by atoms with Crippen molar-refractivity contribution in [2.45, 2.75) is 31.5 Å². The Hall–Kier alpha value is -3.16. The van der Waals surface area contributed by atoms with Crippen LogP contribution in [0.25, 0.3) is 6.08 Å². The number of carbonyl (C=O) groups is 2. The van der Waals surface area contributed by atoms with Gasteiger partial charge in [-0.15, -0.1) is 0 Å². The van der Waals surface area contributed by atoms with E-state index in [-0.39, 0.29) is 78.2 Å². The maximum Gasteiger partial charge on any atom is 0.276 e. The number of aliphatic hydroxyl groups excluding tert-OH is 2. The highest BCUT2D eigenvalue weighted by Crippen LogP contribution is 2.26. The van der Waals surface area contributed by atoms with Crippen LogP contribution in [0.1, 0.15) is 30.1 Å². The number of aliphatic hydroxyl groups is 2. The fraction of sp³-hybridized carbons (Fsp3) is 0.545. The summed E-state index contributed by atoms with van der Waals surface area (Å²) in [5.41, 5.74) is 1.88. The van der Waals surface area contributed by atoms with Crippen LogP contribution in [0.5, 0.6) is 0 Å². The van der Waals surface area contributed by atoms with Gasteiger partial charge < -0.3 is 15.5 Å². The van der Waals surface area contributed by atoms with Gasteiger partial charge in [-0.1, -0.05) is 6.08 Å². The maximum atomic E-state index is 13.2. The van der Waals surface area contributed by atoms with Gasteiger partial charge in [0.25, 0.3) is 17.4 Å². The first-order valence-electron chi connectivity index (χ1n) is 12.4. The molecule has 4 rings (SSSR count). The zero-order valence-electron chi connectivity index (χ0n) is 21.3. The van der Waals surface area contributed by atoms with E-state index in [0.717, 1.165) is 5.01 Å². The molecule has 0 aromatic carbocycles. The van der Waals surface area contributed by atoms with Crippen LogP contribution in [0.4, 0.5) is 0 Å². The molecule has 220 valence electrons. The molecular weight excluding hydrogens is 572 g/mol. The number of aromatic nitrogens is 2. The minimum absolute atomic E-state index is 0.0524. The summed E-state index contributed by atoms with van der Waals surface area (Å²) in [7, 11) is -6.64. The molecule has 0 radical (unpaired) electrons. The molecular formula is C22H30N6O10S2. The summed E-state index contributed by atoms with van der Waals surface area (Å²) in [6, 6.07) is -1.35. The standard InChI is InChI=1S/C22H30N6O10S2/c29-7-6-24-38-10-18-16(21(32)27(25-18)14-4-8-39(34,35)11-14)2-1-3-17-19(20(31)23-13-30)26-28(22(17)33)15-5-9-40(36,37)12-15/h1-3,14-15,24-25,29-30H,4-13H2,(H,23,31)/b2-1+,17-3+. The van der Waals surface area contributed by atoms with Crippen molar-refractivity contribution in [3.63, 3.8) is 0 Å². The van der Waals surface area contributed by atoms with Crippen molar-refractivity contribution in [2.75, 3.05) is 42.9 Å². The summed E-state index contributed by atoms with van der Waals surface area (Å²) in [5, 5.41) is 28.0. The smallest absolute Gasteiger partial charge is 0.276 e. The molecule has 3 aliphatic heterocycles. The molecule has 2 saturated heterocycles. The van der Waals surface area contributed by atoms with Crippen LogP contribution in [0.3, 0.4) is 0 Å². The molecule has 2 atom stereocenters. The quantitative estimate of drug-likeness (QED) is 0.0739. The molecule has 40 heavy (non-hydrogen) atoms. The largest absolute Gasteiger partial charge is 0.395 e. The minimum atomic E-state index is -3.35. The normalized spacial score (nSPS) is 24.9. The van der Waals surface area contributed by atoms with E-state index in [0.29, 0.717) is 0 Å². The predicted molar refractivity (Wildman–Crippen MR) is 141 cm³/mol. The van der Waals surface area contributed by atoms with Gasteiger partial charge in [-0.05, 0) is 25.0 Å². The Bertz CT molecular complexity index is 1520. The maximum absolute atomic E-state index is 13.2. The Morgan fingerprint density at radius 1 is 1.10 bits per heavy atom. The third kappa shape index (κ3) is 6.58. The lowest BCUT2D eigenvalue weighted by Crippen LogP contribution is -2.34. The predicted octanol–water partition coefficient (Wildman–Crippen LogP) is -3.06. The number of rotatable bonds is 11. The van der Waals surface area contributed by atoms with Gasteiger partial charge in [0.15, 0.2) is 25.4 Å². The van der Waals surface area contributed by atoms with Gasteiger partial charge in [-0.3, -0.25) is 24.3 Å². The number of nitrogens with one attached hydrogen (secondary N) is 3. The number of aromatic amines is 1. The van der Waals surface area contributed by atoms with Crippen LogP contribution in [0.15, 0.2) is 27.6 Å². The van der Waals surface area contributed by atoms with Crippen molar-refractivity contribution in [3.8, 4) is 0 Å². The zero-order chi connectivity index (χ0) is 29.1. The van der Waals surface area contributed by atoms with Gasteiger partial charge in [0.1, 0.15) is 13.3 Å². The first kappa shape index (κ1) is 29.8. The van der Waals surface area contributed by atoms with Gasteiger partial charge in [-0.2, -0.15) is 10.6 Å². The molecule has 0 saturated carbocycles. The number of hydrazone groups is 1. The number of nitrogens with zero attached hydrogens (tertiary/aromatic N) is 3. The first-order valence-corrected chi connectivity index (χ1v) is 16.0. The van der Waals surface area contributed by atoms with E-state index in [1.807, 2.05) is 0 Å². The highest BCUT2D eigenvalue weighted by atomic mass is 32.2. The van der Waals surface area contributed by atoms with E-state index in [1.54, 1.807) is 0 Å². The van der Waals surface area contributed by atoms with Crippen LogP contribution in [0, 0.1) is 0 Å². The van der Waals surface area contributed by atoms with Crippen molar-refractivity contribution < 1.29 is 41.5 Å². The van der Waals surface area contributed by atoms with Crippen LogP contribution >= 0.6 is 0 Å². The van der Waals surface area contributed by atoms with Crippen LogP contribution < -0.4 is 16.4 Å². The Balaban J connectivity index is 1.64. The fourth-order valence-corrected chi connectivity index (χ4v) is 8.03. The molecule has 0 aliphatic carbocycles. The summed E-state index contributed by atoms with van der Waals surface area (Å²) in [6.45, 7) is -0.932.